The van der Waals surface area contributed by atoms with E-state index in [1.165, 1.54) is 25.4 Å². The summed E-state index contributed by atoms with van der Waals surface area (Å²) in [5.41, 5.74) is 12.1. The number of methoxy groups -OCH3 is 1. The Morgan fingerprint density at radius 1 is 0.806 bits per heavy atom. The van der Waals surface area contributed by atoms with Gasteiger partial charge in [-0.3, -0.25) is 9.59 Å². The lowest BCUT2D eigenvalue weighted by Crippen LogP contribution is -2.42. The summed E-state index contributed by atoms with van der Waals surface area (Å²) in [5, 5.41) is 2.66. The lowest BCUT2D eigenvalue weighted by Gasteiger charge is -2.31. The van der Waals surface area contributed by atoms with Crippen molar-refractivity contribution >= 4 is 23.6 Å². The highest BCUT2D eigenvalue weighted by molar-refractivity contribution is 5.87. The Bertz CT molecular complexity index is 2580. The molecule has 0 radical (unpaired) electrons. The molecule has 5 N–H and O–H groups in total. The van der Waals surface area contributed by atoms with Crippen molar-refractivity contribution in [3.05, 3.63) is 149 Å². The smallest absolute Gasteiger partial charge is 0.407 e. The maximum absolute atomic E-state index is 16.0. The first-order valence-corrected chi connectivity index (χ1v) is 20.9. The lowest BCUT2D eigenvalue weighted by molar-refractivity contribution is -0.135. The third-order valence-electron chi connectivity index (χ3n) is 12.3. The number of anilines is 1. The minimum Gasteiger partial charge on any atom is -0.453 e. The molecule has 62 heavy (non-hydrogen) atoms. The Kier molecular flexibility index (Phi) is 11.3. The molecule has 4 aromatic carbocycles. The van der Waals surface area contributed by atoms with Gasteiger partial charge in [-0.1, -0.05) is 72.8 Å². The van der Waals surface area contributed by atoms with Crippen LogP contribution in [-0.4, -0.2) is 74.4 Å². The van der Waals surface area contributed by atoms with Crippen molar-refractivity contribution in [1.29, 1.82) is 0 Å². The number of hydrogen-bond acceptors (Lipinski definition) is 8. The largest absolute Gasteiger partial charge is 0.453 e. The first-order chi connectivity index (χ1) is 30.2. The van der Waals surface area contributed by atoms with Crippen LogP contribution >= 0.6 is 0 Å². The second kappa shape index (κ2) is 17.2. The number of alkyl carbamates (subject to hydrolysis) is 1. The number of likely N-dealkylation sites (tertiary alicyclic amines) is 2. The number of halogens is 2. The average molecular weight is 840 g/mol. The van der Waals surface area contributed by atoms with Crippen molar-refractivity contribution in [2.45, 2.75) is 62.8 Å². The van der Waals surface area contributed by atoms with E-state index in [2.05, 4.69) is 26.3 Å². The van der Waals surface area contributed by atoms with Crippen molar-refractivity contribution in [3.63, 3.8) is 0 Å². The van der Waals surface area contributed by atoms with Crippen LogP contribution in [0.5, 0.6) is 0 Å². The van der Waals surface area contributed by atoms with E-state index in [4.69, 9.17) is 15.5 Å². The number of imidazole rings is 2. The molecule has 0 bridgehead atoms. The Labute approximate surface area is 357 Å². The minimum absolute atomic E-state index is 0.0968. The van der Waals surface area contributed by atoms with Crippen LogP contribution in [0.1, 0.15) is 83.8 Å². The Morgan fingerprint density at radius 3 is 2.16 bits per heavy atom. The quantitative estimate of drug-likeness (QED) is 0.111. The van der Waals surface area contributed by atoms with E-state index in [0.29, 0.717) is 68.3 Å². The van der Waals surface area contributed by atoms with Gasteiger partial charge in [-0.15, -0.1) is 0 Å². The number of ether oxygens (including phenoxy) is 1. The molecule has 6 aromatic rings. The molecule has 3 aliphatic heterocycles. The van der Waals surface area contributed by atoms with Gasteiger partial charge in [-0.25, -0.2) is 23.5 Å². The summed E-state index contributed by atoms with van der Waals surface area (Å²) in [6.45, 7) is 1.79. The second-order valence-electron chi connectivity index (χ2n) is 16.0. The van der Waals surface area contributed by atoms with Crippen LogP contribution in [0.15, 0.2) is 103 Å². The van der Waals surface area contributed by atoms with Gasteiger partial charge in [0, 0.05) is 43.5 Å². The molecule has 2 fully saturated rings. The number of aromatic amines is 2. The van der Waals surface area contributed by atoms with Crippen LogP contribution in [0.4, 0.5) is 19.3 Å². The maximum Gasteiger partial charge on any atom is 0.407 e. The molecule has 0 spiro atoms. The molecule has 4 atom stereocenters. The number of hydrogen-bond donors (Lipinski definition) is 4. The van der Waals surface area contributed by atoms with Gasteiger partial charge in [0.25, 0.3) is 5.91 Å². The summed E-state index contributed by atoms with van der Waals surface area (Å²) in [4.78, 5) is 60.8. The number of carbonyl (C=O) groups is 3. The summed E-state index contributed by atoms with van der Waals surface area (Å²) in [6.07, 6.45) is 6.19. The number of amides is 3. The fourth-order valence-corrected chi connectivity index (χ4v) is 9.12. The van der Waals surface area contributed by atoms with E-state index in [0.717, 1.165) is 40.8 Å². The van der Waals surface area contributed by atoms with Gasteiger partial charge >= 0.3 is 6.09 Å². The van der Waals surface area contributed by atoms with E-state index in [1.54, 1.807) is 34.1 Å². The number of H-pyrrole nitrogens is 2. The molecular formula is C47H47F2N9O4. The fraction of sp³-hybridized carbons (Fsp3) is 0.298. The first kappa shape index (κ1) is 40.5. The molecule has 2 aromatic heterocycles. The van der Waals surface area contributed by atoms with Crippen molar-refractivity contribution in [2.24, 2.45) is 5.73 Å². The van der Waals surface area contributed by atoms with Gasteiger partial charge < -0.3 is 40.5 Å². The lowest BCUT2D eigenvalue weighted by atomic mass is 9.96. The van der Waals surface area contributed by atoms with Crippen molar-refractivity contribution in [2.75, 3.05) is 31.6 Å². The highest BCUT2D eigenvalue weighted by Gasteiger charge is 2.38. The van der Waals surface area contributed by atoms with E-state index in [-0.39, 0.29) is 29.1 Å². The molecule has 13 nitrogen and oxygen atoms in total. The predicted molar refractivity (Wildman–Crippen MR) is 228 cm³/mol. The summed E-state index contributed by atoms with van der Waals surface area (Å²) < 4.78 is 36.8. The van der Waals surface area contributed by atoms with E-state index in [9.17, 15) is 14.4 Å². The van der Waals surface area contributed by atoms with E-state index in [1.807, 2.05) is 59.6 Å². The second-order valence-corrected chi connectivity index (χ2v) is 16.0. The highest BCUT2D eigenvalue weighted by Crippen LogP contribution is 2.38. The Hall–Kier alpha value is -6.87. The molecule has 0 saturated carbocycles. The summed E-state index contributed by atoms with van der Waals surface area (Å²) >= 11 is 0. The number of nitrogens with one attached hydrogen (secondary N) is 3. The van der Waals surface area contributed by atoms with E-state index >= 15 is 8.78 Å². The predicted octanol–water partition coefficient (Wildman–Crippen LogP) is 7.43. The van der Waals surface area contributed by atoms with Crippen molar-refractivity contribution in [1.82, 2.24) is 35.1 Å². The zero-order chi connectivity index (χ0) is 42.9. The zero-order valence-corrected chi connectivity index (χ0v) is 34.2. The molecule has 3 amide bonds. The average Bonchev–Trinajstić information content (AvgIpc) is 4.15. The molecule has 318 valence electrons. The van der Waals surface area contributed by atoms with Gasteiger partial charge in [-0.05, 0) is 72.6 Å². The zero-order valence-electron chi connectivity index (χ0n) is 34.2. The van der Waals surface area contributed by atoms with Gasteiger partial charge in [0.1, 0.15) is 41.1 Å². The minimum atomic E-state index is -0.971. The van der Waals surface area contributed by atoms with Crippen LogP contribution in [-0.2, 0) is 27.3 Å². The molecule has 5 heterocycles. The van der Waals surface area contributed by atoms with Crippen LogP contribution in [0.25, 0.3) is 22.5 Å². The van der Waals surface area contributed by atoms with Gasteiger partial charge in [0.2, 0.25) is 5.91 Å². The van der Waals surface area contributed by atoms with Crippen LogP contribution in [0.3, 0.4) is 0 Å². The molecule has 15 heteroatoms. The maximum atomic E-state index is 16.0. The topological polar surface area (TPSA) is 166 Å². The number of rotatable bonds is 10. The SMILES string of the molecule is COC(=O)N[C@@H](C(=O)N1CCC[C@H]1c1ncc(-c2cc(F)c(N3CCc4cc(-c5c[nH]c([C@@H]6CCCN6C(=O)[C@H](N)c6ccccc6)n5)ccc4C3)c(F)c2)[nH]1)c1ccccc1. The molecule has 0 aliphatic carbocycles. The Balaban J connectivity index is 0.873. The summed E-state index contributed by atoms with van der Waals surface area (Å²) in [7, 11) is 1.24. The molecule has 3 aliphatic rings. The van der Waals surface area contributed by atoms with Gasteiger partial charge in [0.05, 0.1) is 36.8 Å². The third-order valence-corrected chi connectivity index (χ3v) is 12.3. The fourth-order valence-electron chi connectivity index (χ4n) is 9.12. The van der Waals surface area contributed by atoms with Crippen LogP contribution in [0.2, 0.25) is 0 Å². The first-order valence-electron chi connectivity index (χ1n) is 20.9. The van der Waals surface area contributed by atoms with Crippen molar-refractivity contribution in [3.8, 4) is 22.5 Å². The van der Waals surface area contributed by atoms with E-state index < -0.39 is 35.9 Å². The summed E-state index contributed by atoms with van der Waals surface area (Å²) in [6, 6.07) is 24.6. The van der Waals surface area contributed by atoms with Gasteiger partial charge in [-0.2, -0.15) is 0 Å². The number of nitrogens with two attached hydrogens (primary N) is 1. The third kappa shape index (κ3) is 7.91. The standard InChI is InChI=1S/C47H47F2N9O4/c1-62-47(61)55-41(29-12-6-3-7-13-29)46(60)58-20-9-15-39(58)44-52-26-37(54-44)33-23-34(48)42(35(49)24-33)56-21-18-30-22-31(16-17-32(30)27-56)36-25-51-43(53-36)38-14-8-19-57(38)45(59)40(50)28-10-4-2-5-11-28/h2-7,10-13,16-17,22-26,38-41H,8-9,14-15,18-21,27,50H2,1H3,(H,51,53)(H,52,54)(H,55,61)/t38-,39-,40+,41+/m0/s1. The molecule has 0 unspecified atom stereocenters. The number of nitrogens with zero attached hydrogens (tertiary/aromatic N) is 5. The van der Waals surface area contributed by atoms with Crippen LogP contribution in [0, 0.1) is 11.6 Å². The molecular weight excluding hydrogens is 793 g/mol. The number of benzene rings is 4. The Morgan fingerprint density at radius 2 is 1.47 bits per heavy atom. The number of fused-ring (bicyclic) bond motifs is 1. The number of aromatic nitrogens is 4. The number of carbonyl (C=O) groups excluding carboxylic acids is 3. The summed E-state index contributed by atoms with van der Waals surface area (Å²) in [5.74, 6) is -0.627. The normalized spacial score (nSPS) is 18.4. The van der Waals surface area contributed by atoms with Crippen LogP contribution < -0.4 is 16.0 Å². The van der Waals surface area contributed by atoms with Crippen molar-refractivity contribution < 1.29 is 27.9 Å². The molecule has 9 rings (SSSR count). The monoisotopic (exact) mass is 839 g/mol. The molecule has 2 saturated heterocycles. The van der Waals surface area contributed by atoms with Gasteiger partial charge in [0.15, 0.2) is 0 Å². The highest BCUT2D eigenvalue weighted by atomic mass is 19.1.